The van der Waals surface area contributed by atoms with Gasteiger partial charge in [0.15, 0.2) is 0 Å². The van der Waals surface area contributed by atoms with Crippen molar-refractivity contribution < 1.29 is 19.1 Å². The molecule has 104 valence electrons. The van der Waals surface area contributed by atoms with Gasteiger partial charge in [0.1, 0.15) is 6.10 Å². The first kappa shape index (κ1) is 16.7. The lowest BCUT2D eigenvalue weighted by atomic mass is 10.1. The van der Waals surface area contributed by atoms with Gasteiger partial charge in [0.05, 0.1) is 19.4 Å². The number of carbonyl (C=O) groups excluding carboxylic acids is 2. The molecule has 0 saturated heterocycles. The van der Waals surface area contributed by atoms with Gasteiger partial charge in [-0.2, -0.15) is 0 Å². The van der Waals surface area contributed by atoms with Gasteiger partial charge < -0.3 is 9.47 Å². The molecule has 0 fully saturated rings. The molecule has 0 amide bonds. The molecule has 0 bridgehead atoms. The molecule has 18 heavy (non-hydrogen) atoms. The van der Waals surface area contributed by atoms with Crippen molar-refractivity contribution in [1.82, 2.24) is 0 Å². The number of carbonyl (C=O) groups is 2. The fraction of sp³-hybridized carbons (Fsp3) is 0.714. The van der Waals surface area contributed by atoms with Gasteiger partial charge in [-0.05, 0) is 18.8 Å². The lowest BCUT2D eigenvalue weighted by molar-refractivity contribution is -0.155. The van der Waals surface area contributed by atoms with Crippen molar-refractivity contribution in [3.05, 3.63) is 12.7 Å². The quantitative estimate of drug-likeness (QED) is 0.361. The Morgan fingerprint density at radius 3 is 2.33 bits per heavy atom. The van der Waals surface area contributed by atoms with Crippen molar-refractivity contribution in [3.8, 4) is 0 Å². The van der Waals surface area contributed by atoms with Gasteiger partial charge in [-0.3, -0.25) is 9.59 Å². The Kier molecular flexibility index (Phi) is 8.97. The van der Waals surface area contributed by atoms with Crippen LogP contribution in [0.4, 0.5) is 0 Å². The van der Waals surface area contributed by atoms with E-state index in [4.69, 9.17) is 9.47 Å². The minimum Gasteiger partial charge on any atom is -0.465 e. The molecule has 0 aromatic carbocycles. The molecule has 0 aromatic rings. The summed E-state index contributed by atoms with van der Waals surface area (Å²) >= 11 is 0. The zero-order valence-corrected chi connectivity index (χ0v) is 11.6. The first-order valence-electron chi connectivity index (χ1n) is 6.47. The van der Waals surface area contributed by atoms with Gasteiger partial charge in [-0.1, -0.05) is 26.8 Å². The maximum absolute atomic E-state index is 11.5. The lowest BCUT2D eigenvalue weighted by Crippen LogP contribution is -2.23. The molecule has 0 spiro atoms. The third kappa shape index (κ3) is 7.87. The van der Waals surface area contributed by atoms with E-state index in [0.717, 1.165) is 6.42 Å². The highest BCUT2D eigenvalue weighted by Gasteiger charge is 2.17. The second kappa shape index (κ2) is 9.68. The topological polar surface area (TPSA) is 52.6 Å². The van der Waals surface area contributed by atoms with E-state index in [1.165, 1.54) is 0 Å². The summed E-state index contributed by atoms with van der Waals surface area (Å²) in [5.41, 5.74) is 0. The molecule has 4 nitrogen and oxygen atoms in total. The highest BCUT2D eigenvalue weighted by atomic mass is 16.5. The predicted octanol–water partition coefficient (Wildman–Crippen LogP) is 2.86. The zero-order valence-electron chi connectivity index (χ0n) is 11.6. The zero-order chi connectivity index (χ0) is 14.0. The third-order valence-corrected chi connectivity index (χ3v) is 2.55. The normalized spacial score (nSPS) is 12.0. The second-order valence-electron chi connectivity index (χ2n) is 4.48. The maximum atomic E-state index is 11.5. The Bertz CT molecular complexity index is 271. The Labute approximate surface area is 109 Å². The average molecular weight is 256 g/mol. The molecule has 0 saturated carbocycles. The van der Waals surface area contributed by atoms with Crippen LogP contribution in [-0.2, 0) is 19.1 Å². The summed E-state index contributed by atoms with van der Waals surface area (Å²) in [6.45, 7) is 9.83. The van der Waals surface area contributed by atoms with Crippen molar-refractivity contribution in [2.75, 3.05) is 6.61 Å². The van der Waals surface area contributed by atoms with Crippen molar-refractivity contribution in [3.63, 3.8) is 0 Å². The molecule has 0 N–H and O–H groups in total. The minimum atomic E-state index is -0.369. The van der Waals surface area contributed by atoms with Gasteiger partial charge in [0.25, 0.3) is 0 Å². The lowest BCUT2D eigenvalue weighted by Gasteiger charge is -2.19. The highest BCUT2D eigenvalue weighted by molar-refractivity contribution is 5.77. The van der Waals surface area contributed by atoms with E-state index in [-0.39, 0.29) is 30.9 Å². The summed E-state index contributed by atoms with van der Waals surface area (Å²) < 4.78 is 10.2. The SMILES string of the molecule is C=CCCOC(=O)CCC(=O)OC(CC)C(C)C. The number of hydrogen-bond acceptors (Lipinski definition) is 4. The van der Waals surface area contributed by atoms with Crippen LogP contribution >= 0.6 is 0 Å². The first-order valence-corrected chi connectivity index (χ1v) is 6.47. The smallest absolute Gasteiger partial charge is 0.306 e. The molecule has 0 radical (unpaired) electrons. The standard InChI is InChI=1S/C14H24O4/c1-5-7-10-17-13(15)8-9-14(16)18-12(6-2)11(3)4/h5,11-12H,1,6-10H2,2-4H3. The van der Waals surface area contributed by atoms with Gasteiger partial charge in [-0.15, -0.1) is 6.58 Å². The van der Waals surface area contributed by atoms with E-state index >= 15 is 0 Å². The maximum Gasteiger partial charge on any atom is 0.306 e. The Hall–Kier alpha value is -1.32. The molecule has 0 rings (SSSR count). The first-order chi connectivity index (χ1) is 8.51. The number of ether oxygens (including phenoxy) is 2. The van der Waals surface area contributed by atoms with Gasteiger partial charge in [0.2, 0.25) is 0 Å². The van der Waals surface area contributed by atoms with Crippen LogP contribution in [0, 0.1) is 5.92 Å². The van der Waals surface area contributed by atoms with Crippen molar-refractivity contribution in [1.29, 1.82) is 0 Å². The molecule has 1 unspecified atom stereocenters. The number of rotatable bonds is 9. The van der Waals surface area contributed by atoms with E-state index in [9.17, 15) is 9.59 Å². The van der Waals surface area contributed by atoms with E-state index < -0.39 is 0 Å². The van der Waals surface area contributed by atoms with E-state index in [0.29, 0.717) is 18.9 Å². The number of hydrogen-bond donors (Lipinski definition) is 0. The Balaban J connectivity index is 3.81. The summed E-state index contributed by atoms with van der Waals surface area (Å²) in [4.78, 5) is 22.8. The molecule has 4 heteroatoms. The van der Waals surface area contributed by atoms with Crippen LogP contribution < -0.4 is 0 Å². The fourth-order valence-electron chi connectivity index (χ4n) is 1.45. The molecule has 0 heterocycles. The molecule has 1 atom stereocenters. The highest BCUT2D eigenvalue weighted by Crippen LogP contribution is 2.11. The summed E-state index contributed by atoms with van der Waals surface area (Å²) in [5, 5.41) is 0. The molecule has 0 aliphatic heterocycles. The van der Waals surface area contributed by atoms with Crippen LogP contribution in [0.1, 0.15) is 46.5 Å². The summed E-state index contributed by atoms with van der Waals surface area (Å²) in [6, 6.07) is 0. The Morgan fingerprint density at radius 2 is 1.83 bits per heavy atom. The summed E-state index contributed by atoms with van der Waals surface area (Å²) in [7, 11) is 0. The molecule has 0 aromatic heterocycles. The summed E-state index contributed by atoms with van der Waals surface area (Å²) in [5.74, 6) is -0.416. The van der Waals surface area contributed by atoms with E-state index in [1.54, 1.807) is 6.08 Å². The van der Waals surface area contributed by atoms with Crippen LogP contribution in [0.3, 0.4) is 0 Å². The van der Waals surface area contributed by atoms with Crippen molar-refractivity contribution >= 4 is 11.9 Å². The van der Waals surface area contributed by atoms with Crippen LogP contribution in [0.25, 0.3) is 0 Å². The molecule has 0 aliphatic carbocycles. The van der Waals surface area contributed by atoms with Crippen molar-refractivity contribution in [2.45, 2.75) is 52.6 Å². The Morgan fingerprint density at radius 1 is 1.22 bits per heavy atom. The van der Waals surface area contributed by atoms with E-state index in [1.807, 2.05) is 20.8 Å². The van der Waals surface area contributed by atoms with Gasteiger partial charge in [0, 0.05) is 0 Å². The van der Waals surface area contributed by atoms with E-state index in [2.05, 4.69) is 6.58 Å². The largest absolute Gasteiger partial charge is 0.465 e. The third-order valence-electron chi connectivity index (χ3n) is 2.55. The minimum absolute atomic E-state index is 0.0739. The van der Waals surface area contributed by atoms with Crippen LogP contribution in [0.15, 0.2) is 12.7 Å². The number of esters is 2. The average Bonchev–Trinajstić information content (AvgIpc) is 2.33. The monoisotopic (exact) mass is 256 g/mol. The van der Waals surface area contributed by atoms with Crippen molar-refractivity contribution in [2.24, 2.45) is 5.92 Å². The van der Waals surface area contributed by atoms with Crippen LogP contribution in [0.5, 0.6) is 0 Å². The van der Waals surface area contributed by atoms with Crippen LogP contribution in [-0.4, -0.2) is 24.6 Å². The fourth-order valence-corrected chi connectivity index (χ4v) is 1.45. The second-order valence-corrected chi connectivity index (χ2v) is 4.48. The van der Waals surface area contributed by atoms with Gasteiger partial charge in [-0.25, -0.2) is 0 Å². The van der Waals surface area contributed by atoms with Crippen LogP contribution in [0.2, 0.25) is 0 Å². The predicted molar refractivity (Wildman–Crippen MR) is 70.0 cm³/mol. The molecular formula is C14H24O4. The summed E-state index contributed by atoms with van der Waals surface area (Å²) in [6.07, 6.45) is 3.17. The molecular weight excluding hydrogens is 232 g/mol. The molecule has 0 aliphatic rings. The van der Waals surface area contributed by atoms with Gasteiger partial charge >= 0.3 is 11.9 Å².